The van der Waals surface area contributed by atoms with Gasteiger partial charge in [0.1, 0.15) is 17.2 Å². The average Bonchev–Trinajstić information content (AvgIpc) is 2.68. The Labute approximate surface area is 153 Å². The lowest BCUT2D eigenvalue weighted by molar-refractivity contribution is -0.123. The number of rotatable bonds is 10. The highest BCUT2D eigenvalue weighted by Crippen LogP contribution is 2.18. The molecule has 0 radical (unpaired) electrons. The van der Waals surface area contributed by atoms with Gasteiger partial charge in [0, 0.05) is 5.56 Å². The lowest BCUT2D eigenvalue weighted by Gasteiger charge is -2.08. The van der Waals surface area contributed by atoms with E-state index >= 15 is 0 Å². The number of amides is 1. The molecule has 0 fully saturated rings. The van der Waals surface area contributed by atoms with E-state index in [1.165, 1.54) is 6.21 Å². The van der Waals surface area contributed by atoms with Crippen LogP contribution >= 0.6 is 0 Å². The van der Waals surface area contributed by atoms with Crippen LogP contribution in [-0.2, 0) is 4.79 Å². The minimum atomic E-state index is -0.348. The van der Waals surface area contributed by atoms with Crippen LogP contribution in [0.4, 0.5) is 0 Å². The quantitative estimate of drug-likeness (QED) is 0.402. The van der Waals surface area contributed by atoms with Crippen LogP contribution in [0.3, 0.4) is 0 Å². The van der Waals surface area contributed by atoms with Gasteiger partial charge in [0.05, 0.1) is 19.9 Å². The van der Waals surface area contributed by atoms with E-state index < -0.39 is 0 Å². The predicted octanol–water partition coefficient (Wildman–Crippen LogP) is 3.40. The van der Waals surface area contributed by atoms with Gasteiger partial charge in [-0.15, -0.1) is 0 Å². The van der Waals surface area contributed by atoms with E-state index in [0.717, 1.165) is 24.2 Å². The van der Waals surface area contributed by atoms with E-state index in [4.69, 9.17) is 14.2 Å². The van der Waals surface area contributed by atoms with Gasteiger partial charge in [-0.25, -0.2) is 5.43 Å². The largest absolute Gasteiger partial charge is 0.496 e. The molecule has 0 aromatic heterocycles. The average molecular weight is 356 g/mol. The zero-order valence-electron chi connectivity index (χ0n) is 15.1. The van der Waals surface area contributed by atoms with Crippen LogP contribution in [-0.4, -0.2) is 32.4 Å². The number of nitrogens with zero attached hydrogens (tertiary/aromatic N) is 1. The second-order valence-electron chi connectivity index (χ2n) is 5.50. The fourth-order valence-corrected chi connectivity index (χ4v) is 2.09. The number of unbranched alkanes of at least 4 members (excludes halogenated alkanes) is 1. The molecular formula is C20H24N2O4. The molecule has 138 valence electrons. The molecule has 0 aliphatic carbocycles. The normalized spacial score (nSPS) is 10.5. The molecule has 1 N–H and O–H groups in total. The summed E-state index contributed by atoms with van der Waals surface area (Å²) in [6.45, 7) is 2.69. The summed E-state index contributed by atoms with van der Waals surface area (Å²) in [7, 11) is 1.58. The monoisotopic (exact) mass is 356 g/mol. The minimum absolute atomic E-state index is 0.126. The lowest BCUT2D eigenvalue weighted by atomic mass is 10.2. The Hall–Kier alpha value is -3.02. The van der Waals surface area contributed by atoms with Gasteiger partial charge in [-0.1, -0.05) is 25.5 Å². The topological polar surface area (TPSA) is 69.2 Å². The van der Waals surface area contributed by atoms with Crippen molar-refractivity contribution in [1.82, 2.24) is 5.43 Å². The Bertz CT molecular complexity index is 714. The van der Waals surface area contributed by atoms with Crippen LogP contribution in [0.2, 0.25) is 0 Å². The molecular weight excluding hydrogens is 332 g/mol. The van der Waals surface area contributed by atoms with Crippen molar-refractivity contribution >= 4 is 12.1 Å². The van der Waals surface area contributed by atoms with Gasteiger partial charge < -0.3 is 14.2 Å². The van der Waals surface area contributed by atoms with Crippen LogP contribution in [0, 0.1) is 0 Å². The number of carbonyl (C=O) groups excluding carboxylic acids is 1. The van der Waals surface area contributed by atoms with Crippen molar-refractivity contribution in [2.24, 2.45) is 5.10 Å². The van der Waals surface area contributed by atoms with Gasteiger partial charge in [0.2, 0.25) is 0 Å². The summed E-state index contributed by atoms with van der Waals surface area (Å²) in [6, 6.07) is 14.6. The summed E-state index contributed by atoms with van der Waals surface area (Å²) in [5, 5.41) is 3.91. The second-order valence-corrected chi connectivity index (χ2v) is 5.50. The fraction of sp³-hybridized carbons (Fsp3) is 0.300. The van der Waals surface area contributed by atoms with Crippen molar-refractivity contribution in [2.45, 2.75) is 19.8 Å². The van der Waals surface area contributed by atoms with Gasteiger partial charge in [-0.2, -0.15) is 5.10 Å². The lowest BCUT2D eigenvalue weighted by Crippen LogP contribution is -2.24. The first-order valence-electron chi connectivity index (χ1n) is 8.53. The number of hydrogen-bond acceptors (Lipinski definition) is 5. The number of hydrazone groups is 1. The summed E-state index contributed by atoms with van der Waals surface area (Å²) >= 11 is 0. The Kier molecular flexibility index (Phi) is 7.99. The van der Waals surface area contributed by atoms with E-state index in [1.807, 2.05) is 36.4 Å². The Morgan fingerprint density at radius 3 is 2.46 bits per heavy atom. The van der Waals surface area contributed by atoms with Crippen LogP contribution in [0.25, 0.3) is 0 Å². The number of hydrogen-bond donors (Lipinski definition) is 1. The highest BCUT2D eigenvalue weighted by molar-refractivity contribution is 5.85. The summed E-state index contributed by atoms with van der Waals surface area (Å²) in [6.07, 6.45) is 3.64. The Morgan fingerprint density at radius 1 is 1.08 bits per heavy atom. The van der Waals surface area contributed by atoms with Crippen molar-refractivity contribution < 1.29 is 19.0 Å². The maximum atomic E-state index is 11.8. The minimum Gasteiger partial charge on any atom is -0.496 e. The van der Waals surface area contributed by atoms with E-state index in [1.54, 1.807) is 19.2 Å². The molecule has 1 amide bonds. The maximum absolute atomic E-state index is 11.8. The van der Waals surface area contributed by atoms with E-state index in [9.17, 15) is 4.79 Å². The highest BCUT2D eigenvalue weighted by Gasteiger charge is 2.03. The number of ether oxygens (including phenoxy) is 3. The van der Waals surface area contributed by atoms with Crippen LogP contribution in [0.5, 0.6) is 17.2 Å². The number of methoxy groups -OCH3 is 1. The van der Waals surface area contributed by atoms with Gasteiger partial charge in [-0.05, 0) is 42.8 Å². The molecule has 0 bridgehead atoms. The first kappa shape index (κ1) is 19.3. The molecule has 0 heterocycles. The first-order valence-corrected chi connectivity index (χ1v) is 8.53. The molecule has 26 heavy (non-hydrogen) atoms. The van der Waals surface area contributed by atoms with Crippen molar-refractivity contribution in [1.29, 1.82) is 0 Å². The zero-order valence-corrected chi connectivity index (χ0v) is 15.1. The molecule has 0 atom stereocenters. The highest BCUT2D eigenvalue weighted by atomic mass is 16.5. The van der Waals surface area contributed by atoms with E-state index in [2.05, 4.69) is 17.5 Å². The molecule has 6 heteroatoms. The van der Waals surface area contributed by atoms with Crippen molar-refractivity contribution in [3.05, 3.63) is 54.1 Å². The number of para-hydroxylation sites is 1. The molecule has 2 rings (SSSR count). The molecule has 6 nitrogen and oxygen atoms in total. The summed E-state index contributed by atoms with van der Waals surface area (Å²) in [4.78, 5) is 11.8. The third kappa shape index (κ3) is 6.47. The summed E-state index contributed by atoms with van der Waals surface area (Å²) in [5.74, 6) is 1.72. The summed E-state index contributed by atoms with van der Waals surface area (Å²) in [5.41, 5.74) is 3.20. The molecule has 0 spiro atoms. The van der Waals surface area contributed by atoms with Gasteiger partial charge in [0.25, 0.3) is 5.91 Å². The van der Waals surface area contributed by atoms with Crippen LogP contribution in [0.15, 0.2) is 53.6 Å². The van der Waals surface area contributed by atoms with Gasteiger partial charge in [0.15, 0.2) is 6.61 Å². The SMILES string of the molecule is CCCCOc1ccc(OCC(=O)N/N=C\c2ccccc2OC)cc1. The van der Waals surface area contributed by atoms with Gasteiger partial charge in [-0.3, -0.25) is 4.79 Å². The third-order valence-corrected chi connectivity index (χ3v) is 3.49. The molecule has 0 saturated heterocycles. The molecule has 2 aromatic carbocycles. The molecule has 0 saturated carbocycles. The van der Waals surface area contributed by atoms with Crippen LogP contribution in [0.1, 0.15) is 25.3 Å². The second kappa shape index (κ2) is 10.8. The molecule has 2 aromatic rings. The number of carbonyl (C=O) groups is 1. The smallest absolute Gasteiger partial charge is 0.277 e. The van der Waals surface area contributed by atoms with Crippen molar-refractivity contribution in [3.63, 3.8) is 0 Å². The number of nitrogens with one attached hydrogen (secondary N) is 1. The molecule has 0 unspecified atom stereocenters. The maximum Gasteiger partial charge on any atom is 0.277 e. The van der Waals surface area contributed by atoms with Gasteiger partial charge >= 0.3 is 0 Å². The van der Waals surface area contributed by atoms with Crippen LogP contribution < -0.4 is 19.6 Å². The van der Waals surface area contributed by atoms with E-state index in [0.29, 0.717) is 18.1 Å². The molecule has 0 aliphatic rings. The zero-order chi connectivity index (χ0) is 18.6. The Morgan fingerprint density at radius 2 is 1.77 bits per heavy atom. The molecule has 0 aliphatic heterocycles. The Balaban J connectivity index is 1.75. The van der Waals surface area contributed by atoms with Crippen molar-refractivity contribution in [3.8, 4) is 17.2 Å². The standard InChI is InChI=1S/C20H24N2O4/c1-3-4-13-25-17-9-11-18(12-10-17)26-15-20(23)22-21-14-16-7-5-6-8-19(16)24-2/h5-12,14H,3-4,13,15H2,1-2H3,(H,22,23)/b21-14-. The number of benzene rings is 2. The summed E-state index contributed by atoms with van der Waals surface area (Å²) < 4.78 is 16.2. The van der Waals surface area contributed by atoms with Crippen molar-refractivity contribution in [2.75, 3.05) is 20.3 Å². The third-order valence-electron chi connectivity index (χ3n) is 3.49. The predicted molar refractivity (Wildman–Crippen MR) is 101 cm³/mol. The first-order chi connectivity index (χ1) is 12.7. The fourth-order valence-electron chi connectivity index (χ4n) is 2.09. The van der Waals surface area contributed by atoms with E-state index in [-0.39, 0.29) is 12.5 Å².